The number of rotatable bonds is 13. The molecule has 284 valence electrons. The molecule has 0 aliphatic carbocycles. The fourth-order valence-corrected chi connectivity index (χ4v) is 5.35. The van der Waals surface area contributed by atoms with Gasteiger partial charge in [-0.1, -0.05) is 78.9 Å². The number of nitrogens with one attached hydrogen (secondary N) is 1. The molecule has 0 bridgehead atoms. The molecule has 18 heteroatoms. The van der Waals surface area contributed by atoms with Crippen LogP contribution in [0.25, 0.3) is 0 Å². The third-order valence-corrected chi connectivity index (χ3v) is 8.43. The van der Waals surface area contributed by atoms with Crippen molar-refractivity contribution in [1.29, 1.82) is 0 Å². The lowest BCUT2D eigenvalue weighted by molar-refractivity contribution is -0.440. The molecule has 2 amide bonds. The molecule has 3 aromatic carbocycles. The second-order valence-electron chi connectivity index (χ2n) is 12.1. The molecule has 52 heavy (non-hydrogen) atoms. The predicted octanol–water partition coefficient (Wildman–Crippen LogP) is 8.78. The minimum absolute atomic E-state index is 0.111. The number of alkyl carbamates (subject to hydrolysis) is 1. The molecule has 1 atom stereocenters. The van der Waals surface area contributed by atoms with E-state index >= 15 is 0 Å². The van der Waals surface area contributed by atoms with E-state index in [9.17, 15) is 66.7 Å². The molecule has 0 radical (unpaired) electrons. The van der Waals surface area contributed by atoms with E-state index in [1.807, 2.05) is 24.3 Å². The van der Waals surface area contributed by atoms with Crippen molar-refractivity contribution >= 4 is 12.0 Å². The van der Waals surface area contributed by atoms with E-state index in [1.54, 1.807) is 35.2 Å². The molecular weight excluding hydrogens is 731 g/mol. The first kappa shape index (κ1) is 40.3. The number of ether oxygens (including phenoxy) is 1. The van der Waals surface area contributed by atoms with E-state index in [0.717, 1.165) is 41.0 Å². The highest BCUT2D eigenvalue weighted by molar-refractivity contribution is 5.86. The van der Waals surface area contributed by atoms with Gasteiger partial charge in [0, 0.05) is 25.9 Å². The zero-order chi connectivity index (χ0) is 38.8. The Balaban J connectivity index is 1.37. The maximum absolute atomic E-state index is 14.2. The van der Waals surface area contributed by atoms with E-state index in [4.69, 9.17) is 4.74 Å². The maximum Gasteiger partial charge on any atom is 0.460 e. The number of benzene rings is 3. The van der Waals surface area contributed by atoms with Crippen LogP contribution in [0.4, 0.5) is 61.9 Å². The van der Waals surface area contributed by atoms with E-state index in [0.29, 0.717) is 19.5 Å². The minimum Gasteiger partial charge on any atom is -0.445 e. The number of halogens is 13. The van der Waals surface area contributed by atoms with Gasteiger partial charge < -0.3 is 15.0 Å². The summed E-state index contributed by atoms with van der Waals surface area (Å²) in [5, 5.41) is 2.53. The topological polar surface area (TPSA) is 58.6 Å². The summed E-state index contributed by atoms with van der Waals surface area (Å²) < 4.78 is 179. The first-order valence-corrected chi connectivity index (χ1v) is 15.4. The van der Waals surface area contributed by atoms with Crippen LogP contribution in [0.5, 0.6) is 0 Å². The van der Waals surface area contributed by atoms with Crippen LogP contribution >= 0.6 is 0 Å². The van der Waals surface area contributed by atoms with Crippen LogP contribution < -0.4 is 5.32 Å². The Bertz CT molecular complexity index is 1700. The molecule has 1 heterocycles. The predicted molar refractivity (Wildman–Crippen MR) is 158 cm³/mol. The van der Waals surface area contributed by atoms with Gasteiger partial charge in [0.25, 0.3) is 0 Å². The van der Waals surface area contributed by atoms with Crippen LogP contribution in [0.1, 0.15) is 34.2 Å². The molecule has 1 aliphatic heterocycles. The SMILES string of the molecule is O=C(N[C@H](Cc1ccccc1)C(=O)N1CCc2ccccc2C1)OCc1ccc(CCC(F)(F)C(F)(F)C(F)(F)C(F)(F)C(F)(F)C(F)(F)F)cc1. The molecule has 0 saturated carbocycles. The summed E-state index contributed by atoms with van der Waals surface area (Å²) in [6.45, 7) is 0.241. The zero-order valence-electron chi connectivity index (χ0n) is 26.6. The third-order valence-electron chi connectivity index (χ3n) is 8.43. The first-order valence-electron chi connectivity index (χ1n) is 15.4. The summed E-state index contributed by atoms with van der Waals surface area (Å²) in [4.78, 5) is 27.9. The van der Waals surface area contributed by atoms with Crippen molar-refractivity contribution in [2.75, 3.05) is 6.54 Å². The summed E-state index contributed by atoms with van der Waals surface area (Å²) >= 11 is 0. The van der Waals surface area contributed by atoms with Gasteiger partial charge in [0.15, 0.2) is 0 Å². The van der Waals surface area contributed by atoms with Crippen molar-refractivity contribution in [1.82, 2.24) is 10.2 Å². The molecule has 1 N–H and O–H groups in total. The van der Waals surface area contributed by atoms with Crippen molar-refractivity contribution in [2.45, 2.75) is 80.7 Å². The molecule has 1 aliphatic rings. The van der Waals surface area contributed by atoms with E-state index < -0.39 is 67.4 Å². The lowest BCUT2D eigenvalue weighted by Crippen LogP contribution is -2.70. The van der Waals surface area contributed by atoms with Crippen molar-refractivity contribution < 1.29 is 71.4 Å². The van der Waals surface area contributed by atoms with Crippen LogP contribution in [0.2, 0.25) is 0 Å². The standard InChI is InChI=1S/C34H29F13N2O3/c35-29(36,30(37,38)31(39,40)32(41,42)33(43,44)34(45,46)47)16-14-21-10-12-23(13-11-21)20-52-28(51)48-26(18-22-6-2-1-3-7-22)27(50)49-17-15-24-8-4-5-9-25(24)19-49/h1-13,26H,14-20H2,(H,48,51)/t26-/m1/s1. The second kappa shape index (κ2) is 14.8. The van der Waals surface area contributed by atoms with Gasteiger partial charge in [-0.2, -0.15) is 57.1 Å². The number of hydrogen-bond acceptors (Lipinski definition) is 3. The molecule has 0 saturated heterocycles. The molecule has 4 rings (SSSR count). The third kappa shape index (κ3) is 8.09. The van der Waals surface area contributed by atoms with Gasteiger partial charge in [0.05, 0.1) is 0 Å². The van der Waals surface area contributed by atoms with Gasteiger partial charge >= 0.3 is 41.9 Å². The highest BCUT2D eigenvalue weighted by Gasteiger charge is 2.90. The Morgan fingerprint density at radius 1 is 0.654 bits per heavy atom. The minimum atomic E-state index is -7.95. The summed E-state index contributed by atoms with van der Waals surface area (Å²) in [7, 11) is 0. The van der Waals surface area contributed by atoms with E-state index in [1.165, 1.54) is 0 Å². The van der Waals surface area contributed by atoms with Crippen LogP contribution in [0.15, 0.2) is 78.9 Å². The van der Waals surface area contributed by atoms with Crippen LogP contribution in [0, 0.1) is 0 Å². The lowest BCUT2D eigenvalue weighted by atomic mass is 9.91. The maximum atomic E-state index is 14.2. The van der Waals surface area contributed by atoms with Gasteiger partial charge in [-0.25, -0.2) is 4.79 Å². The lowest BCUT2D eigenvalue weighted by Gasteiger charge is -2.39. The number of aryl methyl sites for hydroxylation is 1. The van der Waals surface area contributed by atoms with Gasteiger partial charge in [-0.05, 0) is 40.7 Å². The fourth-order valence-electron chi connectivity index (χ4n) is 5.35. The van der Waals surface area contributed by atoms with E-state index in [-0.39, 0.29) is 23.5 Å². The smallest absolute Gasteiger partial charge is 0.445 e. The average Bonchev–Trinajstić information content (AvgIpc) is 3.09. The number of fused-ring (bicyclic) bond motifs is 1. The zero-order valence-corrected chi connectivity index (χ0v) is 26.6. The number of nitrogens with zero attached hydrogens (tertiary/aromatic N) is 1. The summed E-state index contributed by atoms with van der Waals surface area (Å²) in [5.41, 5.74) is 2.66. The van der Waals surface area contributed by atoms with Crippen molar-refractivity contribution in [3.8, 4) is 0 Å². The summed E-state index contributed by atoms with van der Waals surface area (Å²) in [6.07, 6.45) is -11.4. The summed E-state index contributed by atoms with van der Waals surface area (Å²) in [6, 6.07) is 19.5. The first-order chi connectivity index (χ1) is 24.0. The molecule has 5 nitrogen and oxygen atoms in total. The number of carbonyl (C=O) groups is 2. The number of amides is 2. The normalized spacial score (nSPS) is 15.1. The highest BCUT2D eigenvalue weighted by atomic mass is 19.4. The largest absolute Gasteiger partial charge is 0.460 e. The molecule has 0 unspecified atom stereocenters. The van der Waals surface area contributed by atoms with Crippen LogP contribution in [0.3, 0.4) is 0 Å². The molecule has 3 aromatic rings. The van der Waals surface area contributed by atoms with Crippen molar-refractivity contribution in [3.05, 3.63) is 107 Å². The average molecular weight is 761 g/mol. The fraction of sp³-hybridized carbons (Fsp3) is 0.412. The number of alkyl halides is 13. The van der Waals surface area contributed by atoms with Crippen LogP contribution in [-0.2, 0) is 41.9 Å². The van der Waals surface area contributed by atoms with Gasteiger partial charge in [-0.15, -0.1) is 0 Å². The summed E-state index contributed by atoms with van der Waals surface area (Å²) in [5.74, 6) is -37.5. The Morgan fingerprint density at radius 2 is 1.19 bits per heavy atom. The quantitative estimate of drug-likeness (QED) is 0.177. The second-order valence-corrected chi connectivity index (χ2v) is 12.1. The molecule has 0 aromatic heterocycles. The monoisotopic (exact) mass is 760 g/mol. The Morgan fingerprint density at radius 3 is 1.79 bits per heavy atom. The highest BCUT2D eigenvalue weighted by Crippen LogP contribution is 2.60. The Kier molecular flexibility index (Phi) is 11.5. The Hall–Kier alpha value is -4.51. The molecule has 0 spiro atoms. The molecule has 0 fully saturated rings. The Labute approximate surface area is 287 Å². The van der Waals surface area contributed by atoms with Crippen LogP contribution in [-0.4, -0.2) is 65.3 Å². The number of carbonyl (C=O) groups excluding carboxylic acids is 2. The van der Waals surface area contributed by atoms with Crippen molar-refractivity contribution in [2.24, 2.45) is 0 Å². The van der Waals surface area contributed by atoms with Gasteiger partial charge in [0.2, 0.25) is 5.91 Å². The van der Waals surface area contributed by atoms with Gasteiger partial charge in [0.1, 0.15) is 12.6 Å². The number of hydrogen-bond donors (Lipinski definition) is 1. The van der Waals surface area contributed by atoms with Gasteiger partial charge in [-0.3, -0.25) is 4.79 Å². The van der Waals surface area contributed by atoms with E-state index in [2.05, 4.69) is 5.32 Å². The molecular formula is C34H29F13N2O3. The van der Waals surface area contributed by atoms with Crippen molar-refractivity contribution in [3.63, 3.8) is 0 Å².